The van der Waals surface area contributed by atoms with E-state index < -0.39 is 23.7 Å². The van der Waals surface area contributed by atoms with Crippen LogP contribution < -0.4 is 5.32 Å². The highest BCUT2D eigenvalue weighted by Crippen LogP contribution is 2.06. The van der Waals surface area contributed by atoms with Gasteiger partial charge in [0, 0.05) is 1.37 Å². The third kappa shape index (κ3) is 8.54. The van der Waals surface area contributed by atoms with Crippen LogP contribution in [0, 0.1) is 0 Å². The molecule has 0 saturated heterocycles. The quantitative estimate of drug-likeness (QED) is 0.597. The molecule has 0 radical (unpaired) electrons. The van der Waals surface area contributed by atoms with E-state index in [1.54, 1.807) is 13.8 Å². The molecule has 17 heavy (non-hydrogen) atoms. The van der Waals surface area contributed by atoms with Gasteiger partial charge in [-0.05, 0) is 34.1 Å². The van der Waals surface area contributed by atoms with Gasteiger partial charge < -0.3 is 14.8 Å². The summed E-state index contributed by atoms with van der Waals surface area (Å²) in [5, 5.41) is 2.38. The van der Waals surface area contributed by atoms with Crippen molar-refractivity contribution in [2.75, 3.05) is 6.61 Å². The summed E-state index contributed by atoms with van der Waals surface area (Å²) in [5.74, 6) is -0.482. The summed E-state index contributed by atoms with van der Waals surface area (Å²) in [5.41, 5.74) is -0.865. The molecule has 0 spiro atoms. The van der Waals surface area contributed by atoms with E-state index in [0.29, 0.717) is 6.61 Å². The fraction of sp³-hybridized carbons (Fsp3) is 0.833. The molecule has 0 heterocycles. The fourth-order valence-electron chi connectivity index (χ4n) is 0.958. The van der Waals surface area contributed by atoms with Crippen molar-refractivity contribution in [2.45, 2.75) is 59.1 Å². The lowest BCUT2D eigenvalue weighted by atomic mass is 10.2. The van der Waals surface area contributed by atoms with E-state index >= 15 is 0 Å². The molecule has 1 amide bonds. The molecule has 0 fully saturated rings. The highest BCUT2D eigenvalue weighted by molar-refractivity contribution is 5.80. The Labute approximate surface area is 104 Å². The lowest BCUT2D eigenvalue weighted by Crippen LogP contribution is -2.42. The van der Waals surface area contributed by atoms with Crippen molar-refractivity contribution in [3.05, 3.63) is 0 Å². The molecule has 5 heteroatoms. The van der Waals surface area contributed by atoms with E-state index in [0.717, 1.165) is 12.8 Å². The highest BCUT2D eigenvalue weighted by atomic mass is 16.6. The van der Waals surface area contributed by atoms with E-state index in [1.807, 2.05) is 6.92 Å². The summed E-state index contributed by atoms with van der Waals surface area (Å²) >= 11 is 0. The number of amides is 1. The smallest absolute Gasteiger partial charge is 0.408 e. The van der Waals surface area contributed by atoms with Crippen LogP contribution in [-0.4, -0.2) is 30.3 Å². The van der Waals surface area contributed by atoms with Gasteiger partial charge in [-0.25, -0.2) is 9.59 Å². The van der Waals surface area contributed by atoms with E-state index in [9.17, 15) is 9.59 Å². The van der Waals surface area contributed by atoms with Gasteiger partial charge in [-0.15, -0.1) is 0 Å². The molecular formula is C12H23NO4. The first-order valence-corrected chi connectivity index (χ1v) is 5.77. The van der Waals surface area contributed by atoms with Gasteiger partial charge in [-0.3, -0.25) is 0 Å². The molecule has 100 valence electrons. The minimum atomic E-state index is -0.865. The molecule has 0 bridgehead atoms. The molecule has 0 aliphatic carbocycles. The molecule has 0 aromatic heterocycles. The van der Waals surface area contributed by atoms with Crippen molar-refractivity contribution in [1.82, 2.24) is 5.32 Å². The first-order chi connectivity index (χ1) is 8.32. The van der Waals surface area contributed by atoms with Crippen LogP contribution in [0.5, 0.6) is 0 Å². The van der Waals surface area contributed by atoms with Gasteiger partial charge in [0.25, 0.3) is 0 Å². The summed E-state index contributed by atoms with van der Waals surface area (Å²) in [6, 6.07) is -0.754. The maximum absolute atomic E-state index is 11.5. The molecule has 0 aromatic carbocycles. The number of esters is 1. The number of alkyl carbamates (subject to hydrolysis) is 1. The van der Waals surface area contributed by atoms with E-state index in [2.05, 4.69) is 5.32 Å². The number of carbonyl (C=O) groups is 2. The van der Waals surface area contributed by atoms with Crippen LogP contribution in [0.25, 0.3) is 0 Å². The van der Waals surface area contributed by atoms with Crippen molar-refractivity contribution < 1.29 is 20.4 Å². The van der Waals surface area contributed by atoms with Gasteiger partial charge in [0.05, 0.1) is 6.61 Å². The van der Waals surface area contributed by atoms with Gasteiger partial charge >= 0.3 is 12.1 Å². The Bertz CT molecular complexity index is 281. The Hall–Kier alpha value is -1.26. The monoisotopic (exact) mass is 246 g/mol. The SMILES string of the molecule is [2H]CC(C)(C)OC(=O)N[C@@H](C)C(=O)OCCCC. The van der Waals surface area contributed by atoms with E-state index in [4.69, 9.17) is 10.8 Å². The normalized spacial score (nSPS) is 13.5. The van der Waals surface area contributed by atoms with Gasteiger partial charge in [-0.1, -0.05) is 13.3 Å². The van der Waals surface area contributed by atoms with Crippen molar-refractivity contribution >= 4 is 12.1 Å². The Morgan fingerprint density at radius 1 is 1.47 bits per heavy atom. The highest BCUT2D eigenvalue weighted by Gasteiger charge is 2.21. The predicted octanol–water partition coefficient (Wildman–Crippen LogP) is 2.24. The number of carbonyl (C=O) groups excluding carboxylic acids is 2. The zero-order valence-corrected chi connectivity index (χ0v) is 11.0. The Balaban J connectivity index is 4.03. The minimum absolute atomic E-state index is 0.0459. The second-order valence-corrected chi connectivity index (χ2v) is 4.54. The molecular weight excluding hydrogens is 222 g/mol. The zero-order chi connectivity index (χ0) is 14.2. The van der Waals surface area contributed by atoms with Crippen molar-refractivity contribution in [3.63, 3.8) is 0 Å². The van der Waals surface area contributed by atoms with Crippen molar-refractivity contribution in [2.24, 2.45) is 0 Å². The molecule has 0 aromatic rings. The van der Waals surface area contributed by atoms with E-state index in [-0.39, 0.29) is 6.90 Å². The number of ether oxygens (including phenoxy) is 2. The number of rotatable bonds is 5. The Kier molecular flexibility index (Phi) is 5.80. The molecule has 0 saturated carbocycles. The molecule has 1 atom stereocenters. The number of hydrogen-bond acceptors (Lipinski definition) is 4. The van der Waals surface area contributed by atoms with Gasteiger partial charge in [-0.2, -0.15) is 0 Å². The van der Waals surface area contributed by atoms with Crippen LogP contribution >= 0.6 is 0 Å². The molecule has 5 nitrogen and oxygen atoms in total. The third-order valence-electron chi connectivity index (χ3n) is 1.80. The molecule has 0 aliphatic rings. The topological polar surface area (TPSA) is 64.6 Å². The van der Waals surface area contributed by atoms with Gasteiger partial charge in [0.15, 0.2) is 0 Å². The first-order valence-electron chi connectivity index (χ1n) is 6.48. The van der Waals surface area contributed by atoms with Crippen LogP contribution in [-0.2, 0) is 14.3 Å². The second kappa shape index (κ2) is 7.14. The average molecular weight is 246 g/mol. The van der Waals surface area contributed by atoms with Crippen LogP contribution in [0.15, 0.2) is 0 Å². The maximum Gasteiger partial charge on any atom is 0.408 e. The maximum atomic E-state index is 11.5. The Morgan fingerprint density at radius 3 is 2.65 bits per heavy atom. The number of nitrogens with one attached hydrogen (secondary N) is 1. The van der Waals surface area contributed by atoms with E-state index in [1.165, 1.54) is 6.92 Å². The predicted molar refractivity (Wildman–Crippen MR) is 64.7 cm³/mol. The molecule has 1 N–H and O–H groups in total. The van der Waals surface area contributed by atoms with Crippen LogP contribution in [0.3, 0.4) is 0 Å². The largest absolute Gasteiger partial charge is 0.464 e. The summed E-state index contributed by atoms with van der Waals surface area (Å²) in [4.78, 5) is 22.9. The standard InChI is InChI=1S/C12H23NO4/c1-6-7-8-16-10(14)9(2)13-11(15)17-12(3,4)5/h9H,6-8H2,1-5H3,(H,13,15)/t9-/m0/s1/i3D. The summed E-state index contributed by atoms with van der Waals surface area (Å²) < 4.78 is 17.1. The Morgan fingerprint density at radius 2 is 2.12 bits per heavy atom. The van der Waals surface area contributed by atoms with Crippen LogP contribution in [0.2, 0.25) is 0 Å². The second-order valence-electron chi connectivity index (χ2n) is 4.54. The lowest BCUT2D eigenvalue weighted by Gasteiger charge is -2.21. The third-order valence-corrected chi connectivity index (χ3v) is 1.80. The van der Waals surface area contributed by atoms with Gasteiger partial charge in [0.2, 0.25) is 0 Å². The number of unbranched alkanes of at least 4 members (excludes halogenated alkanes) is 1. The lowest BCUT2D eigenvalue weighted by molar-refractivity contribution is -0.145. The zero-order valence-electron chi connectivity index (χ0n) is 12.0. The molecule has 0 unspecified atom stereocenters. The van der Waals surface area contributed by atoms with Crippen molar-refractivity contribution in [1.29, 1.82) is 0 Å². The minimum Gasteiger partial charge on any atom is -0.464 e. The van der Waals surface area contributed by atoms with Crippen LogP contribution in [0.4, 0.5) is 4.79 Å². The van der Waals surface area contributed by atoms with Crippen molar-refractivity contribution in [3.8, 4) is 0 Å². The molecule has 0 rings (SSSR count). The average Bonchev–Trinajstić information content (AvgIpc) is 2.28. The summed E-state index contributed by atoms with van der Waals surface area (Å²) in [7, 11) is 0. The summed E-state index contributed by atoms with van der Waals surface area (Å²) in [6.45, 7) is 7.09. The van der Waals surface area contributed by atoms with Crippen LogP contribution in [0.1, 0.15) is 48.8 Å². The first kappa shape index (κ1) is 13.8. The number of hydrogen-bond donors (Lipinski definition) is 1. The molecule has 0 aliphatic heterocycles. The fourth-order valence-corrected chi connectivity index (χ4v) is 0.958. The van der Waals surface area contributed by atoms with Gasteiger partial charge in [0.1, 0.15) is 11.6 Å². The summed E-state index contributed by atoms with van der Waals surface area (Å²) in [6.07, 6.45) is 1.02.